The van der Waals surface area contributed by atoms with Crippen LogP contribution in [0.25, 0.3) is 0 Å². The molecule has 30 heavy (non-hydrogen) atoms. The van der Waals surface area contributed by atoms with Crippen molar-refractivity contribution in [3.05, 3.63) is 51.9 Å². The monoisotopic (exact) mass is 454 g/mol. The molecule has 1 fully saturated rings. The number of methoxy groups -OCH3 is 1. The number of carbonyl (C=O) groups excluding carboxylic acids is 2. The molecule has 1 amide bonds. The molecule has 1 aliphatic heterocycles. The van der Waals surface area contributed by atoms with Crippen LogP contribution in [0, 0.1) is 6.92 Å². The number of esters is 1. The van der Waals surface area contributed by atoms with E-state index < -0.39 is 21.9 Å². The molecule has 3 rings (SSSR count). The predicted octanol–water partition coefficient (Wildman–Crippen LogP) is 3.13. The van der Waals surface area contributed by atoms with Crippen LogP contribution in [0.2, 0.25) is 5.02 Å². The number of halogens is 1. The molecule has 0 bridgehead atoms. The third-order valence-electron chi connectivity index (χ3n) is 4.92. The van der Waals surface area contributed by atoms with Crippen molar-refractivity contribution in [2.45, 2.75) is 37.6 Å². The third-order valence-corrected chi connectivity index (χ3v) is 7.30. The Labute approximate surface area is 180 Å². The van der Waals surface area contributed by atoms with Crippen LogP contribution in [-0.2, 0) is 21.3 Å². The maximum atomic E-state index is 12.9. The largest absolute Gasteiger partial charge is 0.465 e. The minimum Gasteiger partial charge on any atom is -0.465 e. The van der Waals surface area contributed by atoms with Crippen LogP contribution in [0.5, 0.6) is 0 Å². The Bertz CT molecular complexity index is 1060. The third kappa shape index (κ3) is 4.69. The quantitative estimate of drug-likeness (QED) is 0.672. The summed E-state index contributed by atoms with van der Waals surface area (Å²) in [6.07, 6.45) is 2.59. The van der Waals surface area contributed by atoms with E-state index in [1.165, 1.54) is 35.7 Å². The first-order chi connectivity index (χ1) is 14.2. The molecule has 1 aromatic carbocycles. The number of aryl methyl sites for hydroxylation is 1. The maximum absolute atomic E-state index is 12.9. The second-order valence-electron chi connectivity index (χ2n) is 6.97. The van der Waals surface area contributed by atoms with Crippen LogP contribution in [0.1, 0.15) is 51.5 Å². The molecule has 0 radical (unpaired) electrons. The van der Waals surface area contributed by atoms with E-state index in [1.807, 2.05) is 0 Å². The van der Waals surface area contributed by atoms with E-state index >= 15 is 0 Å². The van der Waals surface area contributed by atoms with Crippen molar-refractivity contribution in [2.75, 3.05) is 20.2 Å². The van der Waals surface area contributed by atoms with Gasteiger partial charge in [-0.3, -0.25) is 4.79 Å². The highest BCUT2D eigenvalue weighted by molar-refractivity contribution is 7.89. The maximum Gasteiger partial charge on any atom is 0.341 e. The molecule has 1 aromatic heterocycles. The highest BCUT2D eigenvalue weighted by atomic mass is 35.5. The number of hydrogen-bond acceptors (Lipinski definition) is 6. The number of sulfonamides is 1. The Morgan fingerprint density at radius 3 is 2.57 bits per heavy atom. The molecule has 10 heteroatoms. The average Bonchev–Trinajstić information content (AvgIpc) is 3.12. The Kier molecular flexibility index (Phi) is 6.84. The zero-order valence-electron chi connectivity index (χ0n) is 16.7. The summed E-state index contributed by atoms with van der Waals surface area (Å²) in [5, 5.41) is 2.72. The highest BCUT2D eigenvalue weighted by Crippen LogP contribution is 2.28. The summed E-state index contributed by atoms with van der Waals surface area (Å²) >= 11 is 6.14. The fourth-order valence-corrected chi connectivity index (χ4v) is 5.32. The SMILES string of the molecule is COC(=O)c1cc(CNC(=O)c2ccc(Cl)c(S(=O)(=O)N3CCCCC3)c2)oc1C. The van der Waals surface area contributed by atoms with Gasteiger partial charge in [0.15, 0.2) is 0 Å². The van der Waals surface area contributed by atoms with Gasteiger partial charge in [0.25, 0.3) is 5.91 Å². The lowest BCUT2D eigenvalue weighted by Crippen LogP contribution is -2.36. The fourth-order valence-electron chi connectivity index (χ4n) is 3.30. The van der Waals surface area contributed by atoms with Gasteiger partial charge in [0.05, 0.1) is 18.7 Å². The number of nitrogens with one attached hydrogen (secondary N) is 1. The van der Waals surface area contributed by atoms with Crippen molar-refractivity contribution >= 4 is 33.5 Å². The van der Waals surface area contributed by atoms with E-state index in [-0.39, 0.29) is 27.6 Å². The van der Waals surface area contributed by atoms with Crippen LogP contribution < -0.4 is 5.32 Å². The molecular formula is C20H23ClN2O6S. The van der Waals surface area contributed by atoms with Gasteiger partial charge in [-0.05, 0) is 44.0 Å². The molecule has 8 nitrogen and oxygen atoms in total. The van der Waals surface area contributed by atoms with Gasteiger partial charge in [-0.25, -0.2) is 13.2 Å². The number of furan rings is 1. The summed E-state index contributed by atoms with van der Waals surface area (Å²) in [5.41, 5.74) is 0.439. The first-order valence-corrected chi connectivity index (χ1v) is 11.3. The Morgan fingerprint density at radius 2 is 1.90 bits per heavy atom. The number of hydrogen-bond donors (Lipinski definition) is 1. The Balaban J connectivity index is 1.76. The molecule has 0 aliphatic carbocycles. The minimum atomic E-state index is -3.78. The highest BCUT2D eigenvalue weighted by Gasteiger charge is 2.28. The normalized spacial score (nSPS) is 15.0. The zero-order chi connectivity index (χ0) is 21.9. The second kappa shape index (κ2) is 9.20. The zero-order valence-corrected chi connectivity index (χ0v) is 18.3. The van der Waals surface area contributed by atoms with E-state index in [1.54, 1.807) is 6.92 Å². The van der Waals surface area contributed by atoms with Crippen LogP contribution >= 0.6 is 11.6 Å². The van der Waals surface area contributed by atoms with Gasteiger partial charge in [0.1, 0.15) is 22.0 Å². The first-order valence-electron chi connectivity index (χ1n) is 9.49. The smallest absolute Gasteiger partial charge is 0.341 e. The molecular weight excluding hydrogens is 432 g/mol. The van der Waals surface area contributed by atoms with Crippen molar-refractivity contribution in [2.24, 2.45) is 0 Å². The molecule has 0 atom stereocenters. The summed E-state index contributed by atoms with van der Waals surface area (Å²) in [4.78, 5) is 24.1. The van der Waals surface area contributed by atoms with Crippen LogP contribution in [0.15, 0.2) is 33.6 Å². The van der Waals surface area contributed by atoms with E-state index in [4.69, 9.17) is 16.0 Å². The number of ether oxygens (including phenoxy) is 1. The van der Waals surface area contributed by atoms with Gasteiger partial charge in [0.2, 0.25) is 10.0 Å². The van der Waals surface area contributed by atoms with Crippen LogP contribution in [-0.4, -0.2) is 44.8 Å². The van der Waals surface area contributed by atoms with Crippen molar-refractivity contribution in [1.82, 2.24) is 9.62 Å². The number of benzene rings is 1. The van der Waals surface area contributed by atoms with E-state index in [0.717, 1.165) is 19.3 Å². The molecule has 1 saturated heterocycles. The van der Waals surface area contributed by atoms with E-state index in [2.05, 4.69) is 10.1 Å². The molecule has 1 aliphatic rings. The lowest BCUT2D eigenvalue weighted by atomic mass is 10.2. The molecule has 0 unspecified atom stereocenters. The van der Waals surface area contributed by atoms with Gasteiger partial charge in [-0.15, -0.1) is 0 Å². The molecule has 1 N–H and O–H groups in total. The molecule has 2 aromatic rings. The lowest BCUT2D eigenvalue weighted by Gasteiger charge is -2.26. The van der Waals surface area contributed by atoms with Crippen molar-refractivity contribution in [1.29, 1.82) is 0 Å². The number of rotatable bonds is 6. The Hall–Kier alpha value is -2.36. The number of amides is 1. The van der Waals surface area contributed by atoms with Crippen LogP contribution in [0.3, 0.4) is 0 Å². The van der Waals surface area contributed by atoms with Crippen molar-refractivity contribution < 1.29 is 27.2 Å². The van der Waals surface area contributed by atoms with Gasteiger partial charge in [-0.2, -0.15) is 4.31 Å². The number of carbonyl (C=O) groups is 2. The fraction of sp³-hybridized carbons (Fsp3) is 0.400. The van der Waals surface area contributed by atoms with Crippen LogP contribution in [0.4, 0.5) is 0 Å². The van der Waals surface area contributed by atoms with Crippen molar-refractivity contribution in [3.63, 3.8) is 0 Å². The molecule has 162 valence electrons. The summed E-state index contributed by atoms with van der Waals surface area (Å²) in [6, 6.07) is 5.64. The summed E-state index contributed by atoms with van der Waals surface area (Å²) in [7, 11) is -2.51. The molecule has 2 heterocycles. The number of piperidine rings is 1. The first kappa shape index (κ1) is 22.3. The summed E-state index contributed by atoms with van der Waals surface area (Å²) in [5.74, 6) is -0.265. The second-order valence-corrected chi connectivity index (χ2v) is 9.28. The van der Waals surface area contributed by atoms with E-state index in [9.17, 15) is 18.0 Å². The van der Waals surface area contributed by atoms with Crippen molar-refractivity contribution in [3.8, 4) is 0 Å². The summed E-state index contributed by atoms with van der Waals surface area (Å²) < 4.78 is 37.4. The standard InChI is InChI=1S/C20H23ClN2O6S/c1-13-16(20(25)28-2)11-15(29-13)12-22-19(24)14-6-7-17(21)18(10-14)30(26,27)23-8-4-3-5-9-23/h6-7,10-11H,3-5,8-9,12H2,1-2H3,(H,22,24). The average molecular weight is 455 g/mol. The topological polar surface area (TPSA) is 106 Å². The summed E-state index contributed by atoms with van der Waals surface area (Å²) in [6.45, 7) is 2.52. The van der Waals surface area contributed by atoms with Gasteiger partial charge >= 0.3 is 5.97 Å². The van der Waals surface area contributed by atoms with Gasteiger partial charge < -0.3 is 14.5 Å². The predicted molar refractivity (Wildman–Crippen MR) is 110 cm³/mol. The van der Waals surface area contributed by atoms with E-state index in [0.29, 0.717) is 24.6 Å². The molecule has 0 spiro atoms. The Morgan fingerprint density at radius 1 is 1.20 bits per heavy atom. The molecule has 0 saturated carbocycles. The minimum absolute atomic E-state index is 0.0213. The lowest BCUT2D eigenvalue weighted by molar-refractivity contribution is 0.0598. The van der Waals surface area contributed by atoms with Gasteiger partial charge in [-0.1, -0.05) is 18.0 Å². The van der Waals surface area contributed by atoms with Gasteiger partial charge in [0, 0.05) is 18.7 Å². The number of nitrogens with zero attached hydrogens (tertiary/aromatic N) is 1.